The Bertz CT molecular complexity index is 398. The second-order valence-electron chi connectivity index (χ2n) is 4.56. The lowest BCUT2D eigenvalue weighted by Crippen LogP contribution is -2.40. The van der Waals surface area contributed by atoms with Gasteiger partial charge in [0.25, 0.3) is 0 Å². The van der Waals surface area contributed by atoms with Crippen LogP contribution in [0.3, 0.4) is 0 Å². The molecule has 0 saturated carbocycles. The molecule has 2 heterocycles. The molecule has 0 spiro atoms. The minimum Gasteiger partial charge on any atom is -0.355 e. The molecule has 1 atom stereocenters. The summed E-state index contributed by atoms with van der Waals surface area (Å²) in [7, 11) is 0. The number of nitrogens with two attached hydrogens (primary N) is 1. The minimum atomic E-state index is 0.268. The van der Waals surface area contributed by atoms with Crippen molar-refractivity contribution in [1.82, 2.24) is 9.97 Å². The van der Waals surface area contributed by atoms with E-state index in [0.717, 1.165) is 31.7 Å². The number of nitriles is 1. The monoisotopic (exact) mass is 231 g/mol. The van der Waals surface area contributed by atoms with Crippen molar-refractivity contribution in [2.24, 2.45) is 11.7 Å². The molecular formula is C12H17N5. The highest BCUT2D eigenvalue weighted by atomic mass is 15.2. The molecule has 1 aliphatic rings. The lowest BCUT2D eigenvalue weighted by atomic mass is 9.91. The van der Waals surface area contributed by atoms with Crippen LogP contribution < -0.4 is 10.6 Å². The number of rotatable bonds is 2. The fraction of sp³-hybridized carbons (Fsp3) is 0.583. The Balaban J connectivity index is 1.98. The number of aromatic nitrogens is 2. The van der Waals surface area contributed by atoms with Crippen molar-refractivity contribution in [3.05, 3.63) is 18.1 Å². The first-order chi connectivity index (χ1) is 8.20. The summed E-state index contributed by atoms with van der Waals surface area (Å²) in [5, 5.41) is 8.65. The third kappa shape index (κ3) is 2.71. The first-order valence-corrected chi connectivity index (χ1v) is 5.93. The molecule has 0 aliphatic carbocycles. The van der Waals surface area contributed by atoms with E-state index in [1.165, 1.54) is 6.20 Å². The first-order valence-electron chi connectivity index (χ1n) is 5.93. The molecule has 5 nitrogen and oxygen atoms in total. The minimum absolute atomic E-state index is 0.268. The third-order valence-electron chi connectivity index (χ3n) is 3.36. The Labute approximate surface area is 101 Å². The van der Waals surface area contributed by atoms with Crippen LogP contribution in [0.25, 0.3) is 0 Å². The molecule has 1 fully saturated rings. The second kappa shape index (κ2) is 5.11. The average molecular weight is 231 g/mol. The van der Waals surface area contributed by atoms with E-state index in [0.29, 0.717) is 11.6 Å². The quantitative estimate of drug-likeness (QED) is 0.818. The average Bonchev–Trinajstić information content (AvgIpc) is 2.39. The Morgan fingerprint density at radius 3 is 2.59 bits per heavy atom. The van der Waals surface area contributed by atoms with Crippen molar-refractivity contribution in [2.75, 3.05) is 18.0 Å². The Hall–Kier alpha value is -1.67. The van der Waals surface area contributed by atoms with E-state index in [9.17, 15) is 0 Å². The molecule has 1 aromatic rings. The zero-order valence-corrected chi connectivity index (χ0v) is 10.0. The highest BCUT2D eigenvalue weighted by molar-refractivity contribution is 5.37. The zero-order valence-electron chi connectivity index (χ0n) is 10.0. The van der Waals surface area contributed by atoms with Crippen molar-refractivity contribution >= 4 is 5.82 Å². The van der Waals surface area contributed by atoms with Gasteiger partial charge in [0.1, 0.15) is 11.9 Å². The number of nitrogens with zero attached hydrogens (tertiary/aromatic N) is 4. The summed E-state index contributed by atoms with van der Waals surface area (Å²) in [5.74, 6) is 1.46. The normalized spacial score (nSPS) is 18.8. The Morgan fingerprint density at radius 2 is 2.12 bits per heavy atom. The number of hydrogen-bond donors (Lipinski definition) is 1. The van der Waals surface area contributed by atoms with Gasteiger partial charge in [-0.2, -0.15) is 5.26 Å². The third-order valence-corrected chi connectivity index (χ3v) is 3.36. The van der Waals surface area contributed by atoms with Crippen LogP contribution in [0.5, 0.6) is 0 Å². The summed E-state index contributed by atoms with van der Waals surface area (Å²) in [4.78, 5) is 10.5. The number of piperidine rings is 1. The van der Waals surface area contributed by atoms with Crippen LogP contribution in [0.4, 0.5) is 5.82 Å². The van der Waals surface area contributed by atoms with Crippen molar-refractivity contribution in [2.45, 2.75) is 25.8 Å². The Kier molecular flexibility index (Phi) is 3.55. The zero-order chi connectivity index (χ0) is 12.3. The van der Waals surface area contributed by atoms with Crippen LogP contribution in [0, 0.1) is 17.2 Å². The smallest absolute Gasteiger partial charge is 0.158 e. The van der Waals surface area contributed by atoms with Gasteiger partial charge in [-0.15, -0.1) is 0 Å². The molecule has 2 rings (SSSR count). The SMILES string of the molecule is CC(N)C1CCN(c2cnc(C#N)cn2)CC1. The summed E-state index contributed by atoms with van der Waals surface area (Å²) >= 11 is 0. The van der Waals surface area contributed by atoms with Gasteiger partial charge < -0.3 is 10.6 Å². The summed E-state index contributed by atoms with van der Waals surface area (Å²) < 4.78 is 0. The van der Waals surface area contributed by atoms with Crippen molar-refractivity contribution < 1.29 is 0 Å². The van der Waals surface area contributed by atoms with Gasteiger partial charge in [0.05, 0.1) is 12.4 Å². The molecule has 17 heavy (non-hydrogen) atoms. The maximum Gasteiger partial charge on any atom is 0.158 e. The molecule has 1 aromatic heterocycles. The van der Waals surface area contributed by atoms with Gasteiger partial charge in [-0.3, -0.25) is 0 Å². The van der Waals surface area contributed by atoms with Gasteiger partial charge in [0.15, 0.2) is 5.69 Å². The number of hydrogen-bond acceptors (Lipinski definition) is 5. The fourth-order valence-corrected chi connectivity index (χ4v) is 2.20. The molecule has 1 saturated heterocycles. The van der Waals surface area contributed by atoms with Gasteiger partial charge in [-0.25, -0.2) is 9.97 Å². The van der Waals surface area contributed by atoms with Gasteiger partial charge >= 0.3 is 0 Å². The molecule has 0 bridgehead atoms. The molecule has 90 valence electrons. The van der Waals surface area contributed by atoms with E-state index < -0.39 is 0 Å². The van der Waals surface area contributed by atoms with Crippen molar-refractivity contribution in [3.8, 4) is 6.07 Å². The molecule has 5 heteroatoms. The number of anilines is 1. The van der Waals surface area contributed by atoms with Gasteiger partial charge in [-0.1, -0.05) is 0 Å². The predicted molar refractivity (Wildman–Crippen MR) is 65.3 cm³/mol. The van der Waals surface area contributed by atoms with Crippen molar-refractivity contribution in [3.63, 3.8) is 0 Å². The van der Waals surface area contributed by atoms with Crippen LogP contribution >= 0.6 is 0 Å². The summed E-state index contributed by atoms with van der Waals surface area (Å²) in [6.45, 7) is 4.00. The summed E-state index contributed by atoms with van der Waals surface area (Å²) in [5.41, 5.74) is 6.27. The standard InChI is InChI=1S/C12H17N5/c1-9(14)10-2-4-17(5-3-10)12-8-15-11(6-13)7-16-12/h7-10H,2-5,14H2,1H3. The molecule has 2 N–H and O–H groups in total. The van der Waals surface area contributed by atoms with Crippen molar-refractivity contribution in [1.29, 1.82) is 5.26 Å². The van der Waals surface area contributed by atoms with Crippen LogP contribution in [0.15, 0.2) is 12.4 Å². The van der Waals surface area contributed by atoms with E-state index in [1.54, 1.807) is 6.20 Å². The van der Waals surface area contributed by atoms with Gasteiger partial charge in [0.2, 0.25) is 0 Å². The lowest BCUT2D eigenvalue weighted by molar-refractivity contribution is 0.353. The largest absolute Gasteiger partial charge is 0.355 e. The fourth-order valence-electron chi connectivity index (χ4n) is 2.20. The predicted octanol–water partition coefficient (Wildman–Crippen LogP) is 0.912. The highest BCUT2D eigenvalue weighted by Crippen LogP contribution is 2.22. The highest BCUT2D eigenvalue weighted by Gasteiger charge is 2.22. The van der Waals surface area contributed by atoms with Crippen LogP contribution in [-0.2, 0) is 0 Å². The summed E-state index contributed by atoms with van der Waals surface area (Å²) in [6, 6.07) is 2.24. The molecule has 0 amide bonds. The molecule has 0 radical (unpaired) electrons. The van der Waals surface area contributed by atoms with E-state index in [2.05, 4.69) is 21.8 Å². The van der Waals surface area contributed by atoms with Crippen LogP contribution in [0.1, 0.15) is 25.5 Å². The first kappa shape index (κ1) is 11.8. The molecule has 0 aromatic carbocycles. The van der Waals surface area contributed by atoms with E-state index in [4.69, 9.17) is 11.0 Å². The van der Waals surface area contributed by atoms with Gasteiger partial charge in [0, 0.05) is 19.1 Å². The van der Waals surface area contributed by atoms with Gasteiger partial charge in [-0.05, 0) is 25.7 Å². The van der Waals surface area contributed by atoms with Crippen LogP contribution in [0.2, 0.25) is 0 Å². The molecule has 1 unspecified atom stereocenters. The van der Waals surface area contributed by atoms with E-state index >= 15 is 0 Å². The second-order valence-corrected chi connectivity index (χ2v) is 4.56. The Morgan fingerprint density at radius 1 is 1.41 bits per heavy atom. The lowest BCUT2D eigenvalue weighted by Gasteiger charge is -2.34. The molecule has 1 aliphatic heterocycles. The topological polar surface area (TPSA) is 78.8 Å². The maximum atomic E-state index is 8.65. The van der Waals surface area contributed by atoms with E-state index in [1.807, 2.05) is 6.07 Å². The van der Waals surface area contributed by atoms with E-state index in [-0.39, 0.29) is 6.04 Å². The molecular weight excluding hydrogens is 214 g/mol. The maximum absolute atomic E-state index is 8.65. The van der Waals surface area contributed by atoms with Crippen LogP contribution in [-0.4, -0.2) is 29.1 Å². The summed E-state index contributed by atoms with van der Waals surface area (Å²) in [6.07, 6.45) is 5.39.